The van der Waals surface area contributed by atoms with Gasteiger partial charge in [0.2, 0.25) is 0 Å². The Kier molecular flexibility index (Phi) is 7.68. The van der Waals surface area contributed by atoms with E-state index in [0.29, 0.717) is 52.9 Å². The zero-order chi connectivity index (χ0) is 35.0. The number of nitrogens with one attached hydrogen (secondary N) is 1. The maximum Gasteiger partial charge on any atom is 0.319 e. The average molecular weight is 712 g/mol. The number of pyridine rings is 1. The standard InChI is InChI=1S/C36H35F2N9O3S/c1-3-26-29(37)12-9-20-5-4-6-27(30(20)26)32-31(38)33-28(14-39-32)35(46-15-22-10-11-23(16-46)41-22)43-36(42-33)50-18-24-13-25(17-45(24)2)51(48,49)47-19-40-34(44-47)21-7-8-21/h1,4-6,9,12,14,19,21-25,41H,7-8,10-11,13,15-18H2,2H3/t22?,23?,24-,25+/m0/s1. The van der Waals surface area contributed by atoms with E-state index in [1.54, 1.807) is 30.5 Å². The number of rotatable bonds is 8. The van der Waals surface area contributed by atoms with Gasteiger partial charge >= 0.3 is 6.01 Å². The first-order chi connectivity index (χ1) is 24.7. The Bertz CT molecular complexity index is 2350. The summed E-state index contributed by atoms with van der Waals surface area (Å²) in [6.45, 7) is 1.72. The van der Waals surface area contributed by atoms with Gasteiger partial charge in [-0.2, -0.15) is 9.97 Å². The lowest BCUT2D eigenvalue weighted by Crippen LogP contribution is -2.51. The molecule has 6 heterocycles. The normalized spacial score (nSPS) is 23.7. The molecular formula is C36H35F2N9O3S. The van der Waals surface area contributed by atoms with Crippen molar-refractivity contribution in [2.75, 3.05) is 38.2 Å². The number of terminal acetylenes is 1. The van der Waals surface area contributed by atoms with Crippen molar-refractivity contribution in [2.45, 2.75) is 61.4 Å². The van der Waals surface area contributed by atoms with Gasteiger partial charge in [-0.25, -0.2) is 22.2 Å². The van der Waals surface area contributed by atoms with Crippen LogP contribution in [0, 0.1) is 24.0 Å². The highest BCUT2D eigenvalue weighted by atomic mass is 32.2. The summed E-state index contributed by atoms with van der Waals surface area (Å²) >= 11 is 0. The van der Waals surface area contributed by atoms with Crippen LogP contribution in [-0.2, 0) is 10.0 Å². The Hall–Kier alpha value is -4.78. The van der Waals surface area contributed by atoms with Crippen molar-refractivity contribution in [3.63, 3.8) is 0 Å². The molecule has 4 aliphatic rings. The summed E-state index contributed by atoms with van der Waals surface area (Å²) in [5, 5.41) is 8.64. The lowest BCUT2D eigenvalue weighted by atomic mass is 9.96. The molecule has 3 saturated heterocycles. The number of aromatic nitrogens is 6. The third-order valence-corrected chi connectivity index (χ3v) is 12.6. The fourth-order valence-corrected chi connectivity index (χ4v) is 9.42. The molecular weight excluding hydrogens is 677 g/mol. The second-order valence-corrected chi connectivity index (χ2v) is 16.2. The van der Waals surface area contributed by atoms with Gasteiger partial charge in [0, 0.05) is 60.8 Å². The van der Waals surface area contributed by atoms with Crippen LogP contribution in [0.5, 0.6) is 6.01 Å². The fourth-order valence-electron chi connectivity index (χ4n) is 7.85. The van der Waals surface area contributed by atoms with Gasteiger partial charge in [-0.05, 0) is 50.6 Å². The van der Waals surface area contributed by atoms with Crippen LogP contribution in [0.4, 0.5) is 14.6 Å². The van der Waals surface area contributed by atoms with E-state index in [1.807, 2.05) is 11.9 Å². The topological polar surface area (TPSA) is 131 Å². The lowest BCUT2D eigenvalue weighted by molar-refractivity contribution is 0.188. The number of fused-ring (bicyclic) bond motifs is 4. The van der Waals surface area contributed by atoms with Gasteiger partial charge < -0.3 is 15.0 Å². The van der Waals surface area contributed by atoms with E-state index in [0.717, 1.165) is 29.8 Å². The Morgan fingerprint density at radius 1 is 1.04 bits per heavy atom. The van der Waals surface area contributed by atoms with Crippen LogP contribution in [0.2, 0.25) is 0 Å². The van der Waals surface area contributed by atoms with Crippen LogP contribution >= 0.6 is 0 Å². The number of halogens is 2. The number of nitrogens with zero attached hydrogens (tertiary/aromatic N) is 8. The summed E-state index contributed by atoms with van der Waals surface area (Å²) in [5.74, 6) is 2.46. The van der Waals surface area contributed by atoms with Crippen LogP contribution in [0.1, 0.15) is 49.4 Å². The molecule has 2 unspecified atom stereocenters. The molecule has 1 saturated carbocycles. The van der Waals surface area contributed by atoms with Crippen LogP contribution in [0.15, 0.2) is 42.9 Å². The number of benzene rings is 2. The second-order valence-electron chi connectivity index (χ2n) is 14.1. The minimum absolute atomic E-state index is 0.0134. The zero-order valence-electron chi connectivity index (χ0n) is 27.8. The van der Waals surface area contributed by atoms with Gasteiger partial charge in [0.1, 0.15) is 35.8 Å². The molecule has 4 atom stereocenters. The SMILES string of the molecule is C#Cc1c(F)ccc2cccc(-c3ncc4c(N5CC6CCC(C5)N6)nc(OC[C@@H]5C[C@@H](S(=O)(=O)n6cnc(C7CC7)n6)CN5C)nc4c3F)c12. The van der Waals surface area contributed by atoms with Crippen molar-refractivity contribution in [3.05, 3.63) is 65.9 Å². The minimum atomic E-state index is -3.78. The van der Waals surface area contributed by atoms with Gasteiger partial charge in [0.25, 0.3) is 10.0 Å². The molecule has 15 heteroatoms. The van der Waals surface area contributed by atoms with E-state index in [1.165, 1.54) is 12.4 Å². The molecule has 9 rings (SSSR count). The van der Waals surface area contributed by atoms with Crippen LogP contribution < -0.4 is 15.0 Å². The lowest BCUT2D eigenvalue weighted by Gasteiger charge is -2.34. The van der Waals surface area contributed by atoms with Crippen molar-refractivity contribution in [3.8, 4) is 29.6 Å². The molecule has 0 radical (unpaired) electrons. The molecule has 1 aliphatic carbocycles. The first-order valence-corrected chi connectivity index (χ1v) is 18.7. The number of piperazine rings is 1. The van der Waals surface area contributed by atoms with Crippen LogP contribution in [0.3, 0.4) is 0 Å². The first-order valence-electron chi connectivity index (χ1n) is 17.2. The zero-order valence-corrected chi connectivity index (χ0v) is 28.7. The maximum atomic E-state index is 16.8. The van der Waals surface area contributed by atoms with E-state index >= 15 is 4.39 Å². The van der Waals surface area contributed by atoms with Crippen molar-refractivity contribution in [1.29, 1.82) is 0 Å². The smallest absolute Gasteiger partial charge is 0.319 e. The van der Waals surface area contributed by atoms with E-state index in [4.69, 9.17) is 16.1 Å². The molecule has 3 aliphatic heterocycles. The van der Waals surface area contributed by atoms with E-state index < -0.39 is 26.9 Å². The van der Waals surface area contributed by atoms with Gasteiger partial charge in [0.15, 0.2) is 11.6 Å². The maximum absolute atomic E-state index is 16.8. The van der Waals surface area contributed by atoms with Gasteiger partial charge in [-0.15, -0.1) is 15.6 Å². The Morgan fingerprint density at radius 2 is 1.84 bits per heavy atom. The Morgan fingerprint density at radius 3 is 2.61 bits per heavy atom. The third kappa shape index (κ3) is 5.56. The summed E-state index contributed by atoms with van der Waals surface area (Å²) in [6.07, 6.45) is 12.9. The number of hydrogen-bond acceptors (Lipinski definition) is 11. The molecule has 3 aromatic heterocycles. The molecule has 2 bridgehead atoms. The van der Waals surface area contributed by atoms with Crippen molar-refractivity contribution < 1.29 is 21.9 Å². The summed E-state index contributed by atoms with van der Waals surface area (Å²) in [7, 11) is -1.93. The van der Waals surface area contributed by atoms with Crippen LogP contribution in [0.25, 0.3) is 32.9 Å². The number of likely N-dealkylation sites (N-methyl/N-ethyl adjacent to an activating group) is 1. The monoisotopic (exact) mass is 711 g/mol. The van der Waals surface area contributed by atoms with Crippen molar-refractivity contribution in [2.24, 2.45) is 0 Å². The molecule has 0 amide bonds. The molecule has 2 aromatic carbocycles. The average Bonchev–Trinajstić information content (AvgIpc) is 3.56. The summed E-state index contributed by atoms with van der Waals surface area (Å²) in [6, 6.07) is 8.35. The van der Waals surface area contributed by atoms with E-state index in [-0.39, 0.29) is 60.0 Å². The highest BCUT2D eigenvalue weighted by Crippen LogP contribution is 2.39. The summed E-state index contributed by atoms with van der Waals surface area (Å²) in [5.41, 5.74) is 0.368. The first kappa shape index (κ1) is 32.1. The molecule has 51 heavy (non-hydrogen) atoms. The third-order valence-electron chi connectivity index (χ3n) is 10.7. The van der Waals surface area contributed by atoms with Crippen molar-refractivity contribution >= 4 is 37.5 Å². The Labute approximate surface area is 293 Å². The predicted octanol–water partition coefficient (Wildman–Crippen LogP) is 3.84. The predicted molar refractivity (Wildman–Crippen MR) is 187 cm³/mol. The van der Waals surface area contributed by atoms with Crippen molar-refractivity contribution in [1.82, 2.24) is 39.3 Å². The molecule has 262 valence electrons. The molecule has 0 spiro atoms. The van der Waals surface area contributed by atoms with Gasteiger partial charge in [0.05, 0.1) is 16.2 Å². The molecule has 4 fully saturated rings. The summed E-state index contributed by atoms with van der Waals surface area (Å²) in [4.78, 5) is 22.2. The quantitative estimate of drug-likeness (QED) is 0.236. The fraction of sp³-hybridized carbons (Fsp3) is 0.417. The second kappa shape index (κ2) is 12.2. The summed E-state index contributed by atoms with van der Waals surface area (Å²) < 4.78 is 65.9. The number of ether oxygens (including phenoxy) is 1. The minimum Gasteiger partial charge on any atom is -0.462 e. The molecule has 5 aromatic rings. The molecule has 1 N–H and O–H groups in total. The van der Waals surface area contributed by atoms with Gasteiger partial charge in [-0.1, -0.05) is 30.2 Å². The number of likely N-dealkylation sites (tertiary alicyclic amines) is 1. The number of anilines is 1. The van der Waals surface area contributed by atoms with Gasteiger partial charge in [-0.3, -0.25) is 9.88 Å². The van der Waals surface area contributed by atoms with Crippen LogP contribution in [-0.4, -0.2) is 99.1 Å². The molecule has 12 nitrogen and oxygen atoms in total. The largest absolute Gasteiger partial charge is 0.462 e. The van der Waals surface area contributed by atoms with E-state index in [9.17, 15) is 12.8 Å². The van der Waals surface area contributed by atoms with E-state index in [2.05, 4.69) is 36.2 Å². The number of hydrogen-bond donors (Lipinski definition) is 1. The Balaban J connectivity index is 1.06. The highest BCUT2D eigenvalue weighted by Gasteiger charge is 2.41. The highest BCUT2D eigenvalue weighted by molar-refractivity contribution is 7.90.